The van der Waals surface area contributed by atoms with Gasteiger partial charge in [0, 0.05) is 38.3 Å². The first-order valence-corrected chi connectivity index (χ1v) is 16.8. The molecule has 5 aliphatic rings. The second-order valence-corrected chi connectivity index (χ2v) is 13.6. The first-order valence-electron chi connectivity index (χ1n) is 16.8. The number of amides is 4. The molecule has 1 saturated heterocycles. The summed E-state index contributed by atoms with van der Waals surface area (Å²) < 4.78 is 16.9. The van der Waals surface area contributed by atoms with Gasteiger partial charge in [0.05, 0.1) is 17.1 Å². The Bertz CT molecular complexity index is 1370. The van der Waals surface area contributed by atoms with Crippen LogP contribution in [0.2, 0.25) is 0 Å². The second-order valence-electron chi connectivity index (χ2n) is 13.6. The Labute approximate surface area is 274 Å². The number of carbonyl (C=O) groups excluding carboxylic acids is 4. The minimum absolute atomic E-state index is 0.0378. The van der Waals surface area contributed by atoms with Crippen molar-refractivity contribution >= 4 is 23.6 Å². The quantitative estimate of drug-likeness (QED) is 0.123. The van der Waals surface area contributed by atoms with Crippen LogP contribution in [0.4, 0.5) is 0 Å². The third-order valence-electron chi connectivity index (χ3n) is 10.6. The summed E-state index contributed by atoms with van der Waals surface area (Å²) in [5, 5.41) is 34.2. The zero-order chi connectivity index (χ0) is 33.2. The van der Waals surface area contributed by atoms with Gasteiger partial charge in [0.2, 0.25) is 23.6 Å². The summed E-state index contributed by atoms with van der Waals surface area (Å²) in [6.07, 6.45) is 5.65. The van der Waals surface area contributed by atoms with Crippen molar-refractivity contribution in [2.45, 2.75) is 80.6 Å². The van der Waals surface area contributed by atoms with E-state index in [0.29, 0.717) is 63.3 Å². The number of likely N-dealkylation sites (N-methyl/N-ethyl adjacent to an activating group) is 1. The van der Waals surface area contributed by atoms with Crippen molar-refractivity contribution in [2.75, 3.05) is 59.7 Å². The number of unbranched alkanes of at least 4 members (excludes halogenated alkanes) is 1. The third kappa shape index (κ3) is 6.65. The Hall–Kier alpha value is -3.46. The molecule has 3 fully saturated rings. The van der Waals surface area contributed by atoms with Crippen LogP contribution < -0.4 is 26.0 Å². The molecule has 2 aliphatic heterocycles. The fourth-order valence-corrected chi connectivity index (χ4v) is 8.23. The highest BCUT2D eigenvalue weighted by atomic mass is 16.5. The van der Waals surface area contributed by atoms with Crippen molar-refractivity contribution in [2.24, 2.45) is 5.92 Å². The van der Waals surface area contributed by atoms with Gasteiger partial charge in [-0.2, -0.15) is 0 Å². The number of nitrogens with one attached hydrogen (secondary N) is 4. The summed E-state index contributed by atoms with van der Waals surface area (Å²) in [6, 6.07) is 3.20. The van der Waals surface area contributed by atoms with Crippen molar-refractivity contribution in [3.05, 3.63) is 23.3 Å². The molecule has 6 rings (SSSR count). The van der Waals surface area contributed by atoms with E-state index in [0.717, 1.165) is 24.2 Å². The Kier molecular flexibility index (Phi) is 9.93. The van der Waals surface area contributed by atoms with E-state index in [-0.39, 0.29) is 61.8 Å². The van der Waals surface area contributed by atoms with Gasteiger partial charge in [0.25, 0.3) is 0 Å². The minimum atomic E-state index is -1.03. The van der Waals surface area contributed by atoms with E-state index < -0.39 is 23.2 Å². The van der Waals surface area contributed by atoms with Crippen molar-refractivity contribution in [1.29, 1.82) is 0 Å². The molecule has 2 saturated carbocycles. The second kappa shape index (κ2) is 14.0. The molecule has 1 aromatic carbocycles. The third-order valence-corrected chi connectivity index (χ3v) is 10.6. The zero-order valence-electron chi connectivity index (χ0n) is 27.0. The number of phenolic OH excluding ortho intramolecular Hbond substituents is 1. The maximum absolute atomic E-state index is 13.0. The smallest absolute Gasteiger partial charge is 0.246 e. The van der Waals surface area contributed by atoms with Crippen molar-refractivity contribution in [3.8, 4) is 11.5 Å². The van der Waals surface area contributed by atoms with E-state index in [2.05, 4.69) is 26.2 Å². The predicted octanol–water partition coefficient (Wildman–Crippen LogP) is -0.767. The van der Waals surface area contributed by atoms with Crippen LogP contribution >= 0.6 is 0 Å². The minimum Gasteiger partial charge on any atom is -0.504 e. The van der Waals surface area contributed by atoms with Crippen molar-refractivity contribution in [3.63, 3.8) is 0 Å². The lowest BCUT2D eigenvalue weighted by molar-refractivity contribution is -0.192. The summed E-state index contributed by atoms with van der Waals surface area (Å²) in [4.78, 5) is 50.5. The standard InChI is InChI=1S/C33H47N5O9/c1-34-25(40)16-45-17-26(41)35-11-2-3-12-36-27(42)18-46-19-28(43)37-22-8-9-33(44)24-14-21-6-7-23(39)30-29(21)32(33,31(22)47-30)10-13-38(24)15-20-4-5-20/h6-7,20,22,24,31,39,44H,2-5,8-19H2,1H3,(H,34,40)(H,35,41)(H,36,42)(H,37,43)/t22-,24-,31+,32+,33-/m1/s1. The molecular weight excluding hydrogens is 610 g/mol. The van der Waals surface area contributed by atoms with Crippen LogP contribution in [0.25, 0.3) is 0 Å². The van der Waals surface area contributed by atoms with Gasteiger partial charge >= 0.3 is 0 Å². The van der Waals surface area contributed by atoms with Crippen LogP contribution in [0.15, 0.2) is 12.1 Å². The summed E-state index contributed by atoms with van der Waals surface area (Å²) in [6.45, 7) is 1.66. The van der Waals surface area contributed by atoms with Crippen LogP contribution in [-0.4, -0.2) is 122 Å². The number of carbonyl (C=O) groups is 4. The normalized spacial score (nSPS) is 28.5. The molecule has 5 atom stereocenters. The lowest BCUT2D eigenvalue weighted by Gasteiger charge is -2.64. The Morgan fingerprint density at radius 1 is 0.936 bits per heavy atom. The number of hydrogen-bond acceptors (Lipinski definition) is 10. The number of hydrogen-bond donors (Lipinski definition) is 6. The van der Waals surface area contributed by atoms with Crippen LogP contribution in [0, 0.1) is 5.92 Å². The van der Waals surface area contributed by atoms with Gasteiger partial charge in [0.15, 0.2) is 11.5 Å². The number of aliphatic hydroxyl groups is 1. The number of nitrogens with zero attached hydrogens (tertiary/aromatic N) is 1. The molecule has 14 nitrogen and oxygen atoms in total. The molecule has 258 valence electrons. The molecule has 47 heavy (non-hydrogen) atoms. The molecule has 1 aromatic rings. The molecule has 1 spiro atoms. The number of benzene rings is 1. The maximum atomic E-state index is 13.0. The van der Waals surface area contributed by atoms with Gasteiger partial charge in [-0.15, -0.1) is 0 Å². The molecule has 0 unspecified atom stereocenters. The number of ether oxygens (including phenoxy) is 3. The number of likely N-dealkylation sites (tertiary alicyclic amines) is 1. The fourth-order valence-electron chi connectivity index (χ4n) is 8.23. The molecule has 2 bridgehead atoms. The van der Waals surface area contributed by atoms with Gasteiger partial charge in [-0.1, -0.05) is 6.07 Å². The highest BCUT2D eigenvalue weighted by Gasteiger charge is 2.73. The van der Waals surface area contributed by atoms with E-state index >= 15 is 0 Å². The first kappa shape index (κ1) is 33.4. The van der Waals surface area contributed by atoms with E-state index in [4.69, 9.17) is 14.2 Å². The maximum Gasteiger partial charge on any atom is 0.246 e. The van der Waals surface area contributed by atoms with Gasteiger partial charge in [-0.3, -0.25) is 24.1 Å². The Morgan fingerprint density at radius 3 is 2.26 bits per heavy atom. The van der Waals surface area contributed by atoms with Crippen LogP contribution in [-0.2, 0) is 40.5 Å². The number of piperidine rings is 1. The number of phenols is 1. The van der Waals surface area contributed by atoms with Crippen LogP contribution in [0.3, 0.4) is 0 Å². The highest BCUT2D eigenvalue weighted by Crippen LogP contribution is 2.65. The Morgan fingerprint density at radius 2 is 1.60 bits per heavy atom. The molecule has 2 heterocycles. The molecule has 6 N–H and O–H groups in total. The lowest BCUT2D eigenvalue weighted by Crippen LogP contribution is -2.78. The zero-order valence-corrected chi connectivity index (χ0v) is 27.0. The summed E-state index contributed by atoms with van der Waals surface area (Å²) in [7, 11) is 1.49. The number of rotatable bonds is 16. The summed E-state index contributed by atoms with van der Waals surface area (Å²) >= 11 is 0. The van der Waals surface area contributed by atoms with E-state index in [1.54, 1.807) is 6.07 Å². The van der Waals surface area contributed by atoms with Crippen LogP contribution in [0.1, 0.15) is 56.1 Å². The van der Waals surface area contributed by atoms with Gasteiger partial charge in [-0.05, 0) is 75.5 Å². The molecule has 0 aromatic heterocycles. The first-order chi connectivity index (χ1) is 22.7. The van der Waals surface area contributed by atoms with Crippen molar-refractivity contribution < 1.29 is 43.6 Å². The SMILES string of the molecule is CNC(=O)COCC(=O)NCCCCNC(=O)COCC(=O)N[C@@H]1CC[C@@]2(O)[C@H]3Cc4ccc(O)c5c4[C@@]2(CCN3CC2CC2)[C@H]1O5. The van der Waals surface area contributed by atoms with Gasteiger partial charge in [-0.25, -0.2) is 0 Å². The topological polar surface area (TPSA) is 188 Å². The predicted molar refractivity (Wildman–Crippen MR) is 168 cm³/mol. The van der Waals surface area contributed by atoms with Crippen molar-refractivity contribution in [1.82, 2.24) is 26.2 Å². The van der Waals surface area contributed by atoms with E-state index in [1.165, 1.54) is 19.9 Å². The lowest BCUT2D eigenvalue weighted by atomic mass is 9.48. The average Bonchev–Trinajstić information content (AvgIpc) is 3.79. The molecule has 0 radical (unpaired) electrons. The van der Waals surface area contributed by atoms with Gasteiger partial charge in [0.1, 0.15) is 32.5 Å². The molecule has 14 heteroatoms. The monoisotopic (exact) mass is 657 g/mol. The fraction of sp³-hybridized carbons (Fsp3) is 0.697. The van der Waals surface area contributed by atoms with Gasteiger partial charge < -0.3 is 45.7 Å². The highest BCUT2D eigenvalue weighted by molar-refractivity contribution is 5.80. The average molecular weight is 658 g/mol. The van der Waals surface area contributed by atoms with Crippen LogP contribution in [0.5, 0.6) is 11.5 Å². The summed E-state index contributed by atoms with van der Waals surface area (Å²) in [5.41, 5.74) is 0.263. The molecular formula is C33H47N5O9. The number of aromatic hydroxyl groups is 1. The van der Waals surface area contributed by atoms with E-state index in [9.17, 15) is 29.4 Å². The molecule has 3 aliphatic carbocycles. The Balaban J connectivity index is 0.946. The summed E-state index contributed by atoms with van der Waals surface area (Å²) in [5.74, 6) is -0.164. The largest absolute Gasteiger partial charge is 0.504 e. The molecule has 4 amide bonds. The van der Waals surface area contributed by atoms with E-state index in [1.807, 2.05) is 6.07 Å².